The summed E-state index contributed by atoms with van der Waals surface area (Å²) in [7, 11) is 0. The maximum absolute atomic E-state index is 9.18. The number of allylic oxidation sites excluding steroid dienone is 4. The van der Waals surface area contributed by atoms with E-state index in [0.29, 0.717) is 6.42 Å². The predicted octanol–water partition coefficient (Wildman–Crippen LogP) is 5.00. The van der Waals surface area contributed by atoms with E-state index < -0.39 is 0 Å². The van der Waals surface area contributed by atoms with Crippen LogP contribution in [0.1, 0.15) is 25.3 Å². The van der Waals surface area contributed by atoms with Crippen LogP contribution in [0.4, 0.5) is 0 Å². The Balaban J connectivity index is 2.51. The maximum atomic E-state index is 9.18. The van der Waals surface area contributed by atoms with Crippen molar-refractivity contribution in [1.29, 1.82) is 10.5 Å². The van der Waals surface area contributed by atoms with E-state index in [1.807, 2.05) is 61.5 Å². The van der Waals surface area contributed by atoms with Gasteiger partial charge in [-0.3, -0.25) is 0 Å². The van der Waals surface area contributed by atoms with Crippen molar-refractivity contribution in [2.75, 3.05) is 0 Å². The Bertz CT molecular complexity index is 767. The normalized spacial score (nSPS) is 10.2. The van der Waals surface area contributed by atoms with E-state index >= 15 is 0 Å². The van der Waals surface area contributed by atoms with Crippen LogP contribution in [0, 0.1) is 22.7 Å². The van der Waals surface area contributed by atoms with E-state index in [1.54, 1.807) is 0 Å². The van der Waals surface area contributed by atoms with Crippen molar-refractivity contribution in [3.05, 3.63) is 65.8 Å². The van der Waals surface area contributed by atoms with Crippen molar-refractivity contribution < 1.29 is 0 Å². The number of rotatable bonds is 4. The fourth-order valence-electron chi connectivity index (χ4n) is 2.35. The van der Waals surface area contributed by atoms with Crippen LogP contribution in [0.5, 0.6) is 0 Å². The van der Waals surface area contributed by atoms with Crippen LogP contribution in [-0.2, 0) is 0 Å². The van der Waals surface area contributed by atoms with Gasteiger partial charge in [-0.25, -0.2) is 0 Å². The first-order valence-electron chi connectivity index (χ1n) is 6.94. The molecule has 0 amide bonds. The lowest BCUT2D eigenvalue weighted by molar-refractivity contribution is 1.06. The van der Waals surface area contributed by atoms with Gasteiger partial charge in [0.2, 0.25) is 0 Å². The zero-order valence-electron chi connectivity index (χ0n) is 12.0. The first-order chi connectivity index (χ1) is 10.3. The second kappa shape index (κ2) is 7.08. The lowest BCUT2D eigenvalue weighted by Gasteiger charge is -2.08. The van der Waals surface area contributed by atoms with Crippen molar-refractivity contribution in [2.24, 2.45) is 0 Å². The molecule has 2 aromatic rings. The Morgan fingerprint density at radius 2 is 1.76 bits per heavy atom. The summed E-state index contributed by atoms with van der Waals surface area (Å²) in [6, 6.07) is 18.2. The molecule has 0 bridgehead atoms. The highest BCUT2D eigenvalue weighted by Crippen LogP contribution is 2.27. The fraction of sp³-hybridized carbons (Fsp3) is 0.158. The van der Waals surface area contributed by atoms with Crippen molar-refractivity contribution in [3.63, 3.8) is 0 Å². The number of fused-ring (bicyclic) bond motifs is 1. The van der Waals surface area contributed by atoms with Crippen LogP contribution >= 0.6 is 0 Å². The molecule has 0 heterocycles. The van der Waals surface area contributed by atoms with Crippen LogP contribution in [0.2, 0.25) is 0 Å². The molecule has 2 rings (SSSR count). The van der Waals surface area contributed by atoms with E-state index in [4.69, 9.17) is 0 Å². The molecule has 0 radical (unpaired) electrons. The van der Waals surface area contributed by atoms with Gasteiger partial charge in [-0.2, -0.15) is 10.5 Å². The van der Waals surface area contributed by atoms with Crippen LogP contribution in [0.25, 0.3) is 16.3 Å². The minimum atomic E-state index is 0.204. The van der Waals surface area contributed by atoms with Gasteiger partial charge in [0, 0.05) is 0 Å². The van der Waals surface area contributed by atoms with Crippen LogP contribution in [0.15, 0.2) is 60.2 Å². The standard InChI is InChI=1S/C19H16N2/c1-2-3-4-9-19(18(13-20)14-21)17-11-10-15-7-5-6-8-16(15)12-17/h2-3,5-8,10-12H,4,9H2,1H3/b3-2+. The Morgan fingerprint density at radius 1 is 1.05 bits per heavy atom. The minimum absolute atomic E-state index is 0.204. The molecule has 0 aromatic heterocycles. The van der Waals surface area contributed by atoms with E-state index in [0.717, 1.165) is 28.3 Å². The second-order valence-corrected chi connectivity index (χ2v) is 4.75. The highest BCUT2D eigenvalue weighted by atomic mass is 14.3. The summed E-state index contributed by atoms with van der Waals surface area (Å²) in [5.41, 5.74) is 1.98. The third kappa shape index (κ3) is 3.38. The maximum Gasteiger partial charge on any atom is 0.133 e. The molecular formula is C19H16N2. The molecule has 0 aliphatic carbocycles. The first kappa shape index (κ1) is 14.6. The quantitative estimate of drug-likeness (QED) is 0.581. The SMILES string of the molecule is C/C=C/CCC(=C(C#N)C#N)c1ccc2ccccc2c1. The van der Waals surface area contributed by atoms with Gasteiger partial charge in [0.25, 0.3) is 0 Å². The van der Waals surface area contributed by atoms with Gasteiger partial charge in [-0.05, 0) is 47.7 Å². The molecule has 0 N–H and O–H groups in total. The molecule has 0 saturated carbocycles. The number of benzene rings is 2. The van der Waals surface area contributed by atoms with Crippen molar-refractivity contribution in [3.8, 4) is 12.1 Å². The molecule has 2 heteroatoms. The molecule has 0 fully saturated rings. The van der Waals surface area contributed by atoms with Gasteiger partial charge in [0.1, 0.15) is 17.7 Å². The molecule has 0 aliphatic rings. The van der Waals surface area contributed by atoms with Crippen molar-refractivity contribution in [2.45, 2.75) is 19.8 Å². The first-order valence-corrected chi connectivity index (χ1v) is 6.94. The Morgan fingerprint density at radius 3 is 2.43 bits per heavy atom. The summed E-state index contributed by atoms with van der Waals surface area (Å²) in [5, 5.41) is 20.6. The van der Waals surface area contributed by atoms with Gasteiger partial charge in [-0.1, -0.05) is 48.6 Å². The molecule has 0 atom stereocenters. The zero-order valence-corrected chi connectivity index (χ0v) is 12.0. The largest absolute Gasteiger partial charge is 0.192 e. The summed E-state index contributed by atoms with van der Waals surface area (Å²) in [6.45, 7) is 1.97. The monoisotopic (exact) mass is 272 g/mol. The zero-order chi connectivity index (χ0) is 15.1. The molecule has 0 saturated heterocycles. The lowest BCUT2D eigenvalue weighted by Crippen LogP contribution is -1.90. The van der Waals surface area contributed by atoms with Crippen LogP contribution in [-0.4, -0.2) is 0 Å². The number of hydrogen-bond donors (Lipinski definition) is 0. The van der Waals surface area contributed by atoms with Crippen LogP contribution < -0.4 is 0 Å². The average Bonchev–Trinajstić information content (AvgIpc) is 2.54. The molecule has 102 valence electrons. The lowest BCUT2D eigenvalue weighted by atomic mass is 9.94. The van der Waals surface area contributed by atoms with Gasteiger partial charge in [-0.15, -0.1) is 0 Å². The molecule has 0 aliphatic heterocycles. The van der Waals surface area contributed by atoms with Gasteiger partial charge in [0.05, 0.1) is 0 Å². The van der Waals surface area contributed by atoms with E-state index in [9.17, 15) is 10.5 Å². The van der Waals surface area contributed by atoms with Crippen molar-refractivity contribution in [1.82, 2.24) is 0 Å². The smallest absolute Gasteiger partial charge is 0.133 e. The van der Waals surface area contributed by atoms with Crippen molar-refractivity contribution >= 4 is 16.3 Å². The Kier molecular flexibility index (Phi) is 4.91. The molecule has 0 unspecified atom stereocenters. The summed E-state index contributed by atoms with van der Waals surface area (Å²) in [6.07, 6.45) is 5.55. The summed E-state index contributed by atoms with van der Waals surface area (Å²) in [4.78, 5) is 0. The fourth-order valence-corrected chi connectivity index (χ4v) is 2.35. The van der Waals surface area contributed by atoms with Crippen LogP contribution in [0.3, 0.4) is 0 Å². The molecule has 0 spiro atoms. The Labute approximate surface area is 125 Å². The number of nitrogens with zero attached hydrogens (tertiary/aromatic N) is 2. The summed E-state index contributed by atoms with van der Waals surface area (Å²) in [5.74, 6) is 0. The van der Waals surface area contributed by atoms with Gasteiger partial charge >= 0.3 is 0 Å². The summed E-state index contributed by atoms with van der Waals surface area (Å²) >= 11 is 0. The van der Waals surface area contributed by atoms with E-state index in [1.165, 1.54) is 0 Å². The summed E-state index contributed by atoms with van der Waals surface area (Å²) < 4.78 is 0. The Hall–Kier alpha value is -2.84. The van der Waals surface area contributed by atoms with Gasteiger partial charge < -0.3 is 0 Å². The average molecular weight is 272 g/mol. The van der Waals surface area contributed by atoms with E-state index in [2.05, 4.69) is 12.1 Å². The number of hydrogen-bond acceptors (Lipinski definition) is 2. The molecule has 2 aromatic carbocycles. The predicted molar refractivity (Wildman–Crippen MR) is 86.1 cm³/mol. The highest BCUT2D eigenvalue weighted by molar-refractivity contribution is 5.87. The molecular weight excluding hydrogens is 256 g/mol. The number of nitriles is 2. The topological polar surface area (TPSA) is 47.6 Å². The third-order valence-electron chi connectivity index (χ3n) is 3.42. The highest BCUT2D eigenvalue weighted by Gasteiger charge is 2.09. The molecule has 2 nitrogen and oxygen atoms in total. The van der Waals surface area contributed by atoms with E-state index in [-0.39, 0.29) is 5.57 Å². The van der Waals surface area contributed by atoms with Gasteiger partial charge in [0.15, 0.2) is 0 Å². The molecule has 21 heavy (non-hydrogen) atoms. The second-order valence-electron chi connectivity index (χ2n) is 4.75. The minimum Gasteiger partial charge on any atom is -0.192 e. The third-order valence-corrected chi connectivity index (χ3v) is 3.42.